The quantitative estimate of drug-likeness (QED) is 0.812. The Labute approximate surface area is 153 Å². The van der Waals surface area contributed by atoms with Crippen molar-refractivity contribution >= 4 is 46.4 Å². The molecule has 0 unspecified atom stereocenters. The summed E-state index contributed by atoms with van der Waals surface area (Å²) in [6, 6.07) is 7.47. The lowest BCUT2D eigenvalue weighted by molar-refractivity contribution is -0.117. The SMILES string of the molecule is CC(=O)N(CCC(=O)Nc1ccc(F)cc1F)c1cc(Cl)ccc1Cl. The van der Waals surface area contributed by atoms with Crippen LogP contribution in [0.2, 0.25) is 10.0 Å². The third-order valence-electron chi connectivity index (χ3n) is 3.35. The summed E-state index contributed by atoms with van der Waals surface area (Å²) in [6.07, 6.45) is -0.112. The van der Waals surface area contributed by atoms with E-state index in [2.05, 4.69) is 5.32 Å². The summed E-state index contributed by atoms with van der Waals surface area (Å²) < 4.78 is 26.4. The van der Waals surface area contributed by atoms with Crippen LogP contribution >= 0.6 is 23.2 Å². The van der Waals surface area contributed by atoms with Crippen molar-refractivity contribution in [1.82, 2.24) is 0 Å². The summed E-state index contributed by atoms with van der Waals surface area (Å²) in [7, 11) is 0. The minimum Gasteiger partial charge on any atom is -0.324 e. The molecule has 0 heterocycles. The van der Waals surface area contributed by atoms with E-state index in [0.717, 1.165) is 12.1 Å². The fourth-order valence-corrected chi connectivity index (χ4v) is 2.54. The Kier molecular flexibility index (Phi) is 6.33. The lowest BCUT2D eigenvalue weighted by Crippen LogP contribution is -2.32. The van der Waals surface area contributed by atoms with E-state index in [1.54, 1.807) is 12.1 Å². The van der Waals surface area contributed by atoms with E-state index in [0.29, 0.717) is 21.8 Å². The van der Waals surface area contributed by atoms with Crippen LogP contribution in [0.1, 0.15) is 13.3 Å². The molecule has 4 nitrogen and oxygen atoms in total. The second-order valence-electron chi connectivity index (χ2n) is 5.19. The van der Waals surface area contributed by atoms with Crippen molar-refractivity contribution in [3.63, 3.8) is 0 Å². The average Bonchev–Trinajstić information content (AvgIpc) is 2.53. The van der Waals surface area contributed by atoms with Gasteiger partial charge in [-0.05, 0) is 30.3 Å². The molecular weight excluding hydrogens is 373 g/mol. The van der Waals surface area contributed by atoms with Gasteiger partial charge in [-0.15, -0.1) is 0 Å². The number of carbonyl (C=O) groups is 2. The molecule has 0 atom stereocenters. The average molecular weight is 387 g/mol. The first kappa shape index (κ1) is 19.1. The molecule has 0 radical (unpaired) electrons. The maximum atomic E-state index is 13.5. The first-order valence-electron chi connectivity index (χ1n) is 7.26. The molecule has 0 bridgehead atoms. The zero-order valence-electron chi connectivity index (χ0n) is 13.2. The lowest BCUT2D eigenvalue weighted by atomic mass is 10.2. The molecule has 0 aliphatic rings. The van der Waals surface area contributed by atoms with Crippen LogP contribution in [0.3, 0.4) is 0 Å². The number of nitrogens with zero attached hydrogens (tertiary/aromatic N) is 1. The Morgan fingerprint density at radius 2 is 1.84 bits per heavy atom. The number of carbonyl (C=O) groups excluding carboxylic acids is 2. The Balaban J connectivity index is 2.07. The number of rotatable bonds is 5. The van der Waals surface area contributed by atoms with E-state index < -0.39 is 17.5 Å². The highest BCUT2D eigenvalue weighted by molar-refractivity contribution is 6.35. The monoisotopic (exact) mass is 386 g/mol. The van der Waals surface area contributed by atoms with Crippen molar-refractivity contribution < 1.29 is 18.4 Å². The van der Waals surface area contributed by atoms with Crippen LogP contribution in [0.5, 0.6) is 0 Å². The van der Waals surface area contributed by atoms with Gasteiger partial charge in [0.1, 0.15) is 11.6 Å². The standard InChI is InChI=1S/C17H14Cl2F2N2O2/c1-10(24)23(16-8-11(18)2-4-13(16)19)7-6-17(25)22-15-5-3-12(20)9-14(15)21/h2-5,8-9H,6-7H2,1H3,(H,22,25). The van der Waals surface area contributed by atoms with Gasteiger partial charge < -0.3 is 10.2 Å². The normalized spacial score (nSPS) is 10.4. The largest absolute Gasteiger partial charge is 0.324 e. The summed E-state index contributed by atoms with van der Waals surface area (Å²) in [5.41, 5.74) is 0.240. The molecule has 2 aromatic rings. The van der Waals surface area contributed by atoms with Gasteiger partial charge in [-0.2, -0.15) is 0 Å². The van der Waals surface area contributed by atoms with Gasteiger partial charge in [0.25, 0.3) is 0 Å². The van der Waals surface area contributed by atoms with Gasteiger partial charge in [-0.25, -0.2) is 8.78 Å². The number of hydrogen-bond donors (Lipinski definition) is 1. The van der Waals surface area contributed by atoms with Crippen LogP contribution in [0.4, 0.5) is 20.2 Å². The lowest BCUT2D eigenvalue weighted by Gasteiger charge is -2.22. The molecule has 0 aliphatic heterocycles. The summed E-state index contributed by atoms with van der Waals surface area (Å²) >= 11 is 12.0. The number of amides is 2. The fourth-order valence-electron chi connectivity index (χ4n) is 2.16. The molecule has 132 valence electrons. The minimum absolute atomic E-state index is 0.0179. The number of halogens is 4. The van der Waals surface area contributed by atoms with Gasteiger partial charge in [0.15, 0.2) is 0 Å². The Hall–Kier alpha value is -2.18. The van der Waals surface area contributed by atoms with Crippen molar-refractivity contribution in [1.29, 1.82) is 0 Å². The van der Waals surface area contributed by atoms with Gasteiger partial charge in [0, 0.05) is 31.0 Å². The predicted octanol–water partition coefficient (Wildman–Crippen LogP) is 4.65. The van der Waals surface area contributed by atoms with Gasteiger partial charge in [0.05, 0.1) is 16.4 Å². The van der Waals surface area contributed by atoms with E-state index in [9.17, 15) is 18.4 Å². The molecular formula is C17H14Cl2F2N2O2. The molecule has 2 rings (SSSR count). The van der Waals surface area contributed by atoms with Crippen LogP contribution in [0.25, 0.3) is 0 Å². The Morgan fingerprint density at radius 3 is 2.48 bits per heavy atom. The highest BCUT2D eigenvalue weighted by atomic mass is 35.5. The molecule has 0 aromatic heterocycles. The highest BCUT2D eigenvalue weighted by Crippen LogP contribution is 2.29. The highest BCUT2D eigenvalue weighted by Gasteiger charge is 2.17. The van der Waals surface area contributed by atoms with Crippen molar-refractivity contribution in [3.05, 3.63) is 58.1 Å². The molecule has 2 aromatic carbocycles. The first-order valence-corrected chi connectivity index (χ1v) is 8.01. The number of nitrogens with one attached hydrogen (secondary N) is 1. The summed E-state index contributed by atoms with van der Waals surface area (Å²) in [5, 5.41) is 3.03. The molecule has 2 amide bonds. The van der Waals surface area contributed by atoms with Crippen molar-refractivity contribution in [2.24, 2.45) is 0 Å². The summed E-state index contributed by atoms with van der Waals surface area (Å²) in [5.74, 6) is -2.48. The first-order chi connectivity index (χ1) is 11.8. The van der Waals surface area contributed by atoms with Gasteiger partial charge in [-0.3, -0.25) is 9.59 Å². The molecule has 25 heavy (non-hydrogen) atoms. The summed E-state index contributed by atoms with van der Waals surface area (Å²) in [6.45, 7) is 1.35. The van der Waals surface area contributed by atoms with Crippen molar-refractivity contribution in [2.45, 2.75) is 13.3 Å². The van der Waals surface area contributed by atoms with Gasteiger partial charge in [-0.1, -0.05) is 23.2 Å². The summed E-state index contributed by atoms with van der Waals surface area (Å²) in [4.78, 5) is 25.2. The minimum atomic E-state index is -0.880. The third-order valence-corrected chi connectivity index (χ3v) is 3.90. The van der Waals surface area contributed by atoms with Crippen molar-refractivity contribution in [2.75, 3.05) is 16.8 Å². The fraction of sp³-hybridized carbons (Fsp3) is 0.176. The van der Waals surface area contributed by atoms with Crippen LogP contribution in [0, 0.1) is 11.6 Å². The van der Waals surface area contributed by atoms with E-state index in [1.165, 1.54) is 17.9 Å². The zero-order valence-corrected chi connectivity index (χ0v) is 14.7. The van der Waals surface area contributed by atoms with Crippen LogP contribution in [-0.4, -0.2) is 18.4 Å². The van der Waals surface area contributed by atoms with E-state index in [-0.39, 0.29) is 24.6 Å². The maximum Gasteiger partial charge on any atom is 0.226 e. The number of anilines is 2. The molecule has 1 N–H and O–H groups in total. The van der Waals surface area contributed by atoms with E-state index in [4.69, 9.17) is 23.2 Å². The Bertz CT molecular complexity index is 815. The van der Waals surface area contributed by atoms with Crippen LogP contribution < -0.4 is 10.2 Å². The molecule has 0 saturated heterocycles. The molecule has 0 saturated carbocycles. The van der Waals surface area contributed by atoms with Crippen molar-refractivity contribution in [3.8, 4) is 0 Å². The zero-order chi connectivity index (χ0) is 18.6. The third kappa shape index (κ3) is 5.14. The predicted molar refractivity (Wildman–Crippen MR) is 94.1 cm³/mol. The van der Waals surface area contributed by atoms with Gasteiger partial charge >= 0.3 is 0 Å². The van der Waals surface area contributed by atoms with E-state index in [1.807, 2.05) is 0 Å². The second-order valence-corrected chi connectivity index (χ2v) is 6.03. The molecule has 0 fully saturated rings. The van der Waals surface area contributed by atoms with Gasteiger partial charge in [0.2, 0.25) is 11.8 Å². The molecule has 8 heteroatoms. The van der Waals surface area contributed by atoms with Crippen LogP contribution in [-0.2, 0) is 9.59 Å². The van der Waals surface area contributed by atoms with E-state index >= 15 is 0 Å². The second kappa shape index (κ2) is 8.27. The smallest absolute Gasteiger partial charge is 0.226 e. The number of hydrogen-bond acceptors (Lipinski definition) is 2. The topological polar surface area (TPSA) is 49.4 Å². The number of benzene rings is 2. The Morgan fingerprint density at radius 1 is 1.12 bits per heavy atom. The molecule has 0 aliphatic carbocycles. The van der Waals surface area contributed by atoms with Crippen LogP contribution in [0.15, 0.2) is 36.4 Å². The maximum absolute atomic E-state index is 13.5. The molecule has 0 spiro atoms.